The van der Waals surface area contributed by atoms with Crippen LogP contribution in [0.2, 0.25) is 5.02 Å². The summed E-state index contributed by atoms with van der Waals surface area (Å²) >= 11 is 7.70. The minimum Gasteiger partial charge on any atom is -0.301 e. The van der Waals surface area contributed by atoms with Gasteiger partial charge in [0.1, 0.15) is 5.82 Å². The van der Waals surface area contributed by atoms with E-state index in [0.29, 0.717) is 11.6 Å². The van der Waals surface area contributed by atoms with Crippen LogP contribution in [0.15, 0.2) is 54.7 Å². The molecule has 0 radical (unpaired) electrons. The first kappa shape index (κ1) is 20.0. The van der Waals surface area contributed by atoms with Crippen molar-refractivity contribution >= 4 is 34.0 Å². The van der Waals surface area contributed by atoms with Gasteiger partial charge < -0.3 is 5.32 Å². The molecule has 1 N–H and O–H groups in total. The van der Waals surface area contributed by atoms with E-state index >= 15 is 0 Å². The summed E-state index contributed by atoms with van der Waals surface area (Å²) in [5.41, 5.74) is 1.08. The molecule has 0 atom stereocenters. The third kappa shape index (κ3) is 4.36. The number of thiazole rings is 1. The molecule has 3 aromatic rings. The van der Waals surface area contributed by atoms with Gasteiger partial charge in [0.25, 0.3) is 0 Å². The summed E-state index contributed by atoms with van der Waals surface area (Å²) in [5, 5.41) is 4.29. The first-order chi connectivity index (χ1) is 14.1. The van der Waals surface area contributed by atoms with Crippen LogP contribution in [-0.4, -0.2) is 10.9 Å². The number of hydrogen-bond acceptors (Lipinski definition) is 3. The van der Waals surface area contributed by atoms with Crippen molar-refractivity contribution in [3.05, 3.63) is 81.6 Å². The van der Waals surface area contributed by atoms with Gasteiger partial charge in [-0.15, -0.1) is 11.3 Å². The molecule has 2 aromatic carbocycles. The lowest BCUT2D eigenvalue weighted by molar-refractivity contribution is -0.122. The zero-order valence-electron chi connectivity index (χ0n) is 16.0. The second-order valence-corrected chi connectivity index (χ2v) is 9.03. The van der Waals surface area contributed by atoms with Gasteiger partial charge in [0, 0.05) is 22.5 Å². The van der Waals surface area contributed by atoms with Gasteiger partial charge in [0.15, 0.2) is 5.13 Å². The Morgan fingerprint density at radius 1 is 1.14 bits per heavy atom. The molecule has 29 heavy (non-hydrogen) atoms. The van der Waals surface area contributed by atoms with Gasteiger partial charge in [-0.25, -0.2) is 9.37 Å². The lowest BCUT2D eigenvalue weighted by Gasteiger charge is -2.36. The van der Waals surface area contributed by atoms with Gasteiger partial charge in [0.05, 0.1) is 5.41 Å². The molecule has 4 rings (SSSR count). The molecule has 1 amide bonds. The Kier molecular flexibility index (Phi) is 5.97. The zero-order valence-corrected chi connectivity index (χ0v) is 17.5. The fourth-order valence-corrected chi connectivity index (χ4v) is 5.11. The largest absolute Gasteiger partial charge is 0.301 e. The fraction of sp³-hybridized carbons (Fsp3) is 0.304. The van der Waals surface area contributed by atoms with Crippen molar-refractivity contribution < 1.29 is 9.18 Å². The first-order valence-electron chi connectivity index (χ1n) is 9.82. The number of anilines is 1. The van der Waals surface area contributed by atoms with E-state index in [4.69, 9.17) is 11.6 Å². The summed E-state index contributed by atoms with van der Waals surface area (Å²) in [4.78, 5) is 18.7. The molecule has 1 saturated carbocycles. The molecule has 1 aromatic heterocycles. The molecule has 1 aliphatic rings. The number of halogens is 2. The van der Waals surface area contributed by atoms with Crippen LogP contribution in [-0.2, 0) is 16.6 Å². The standard InChI is InChI=1S/C23H22ClFN2OS/c24-20-10-3-2-7-16(20)13-19-15-26-22(29-19)27-21(28)23(11-4-1-5-12-23)17-8-6-9-18(25)14-17/h2-3,6-10,14-15H,1,4-5,11-13H2,(H,26,27,28). The third-order valence-electron chi connectivity index (χ3n) is 5.62. The van der Waals surface area contributed by atoms with Gasteiger partial charge in [-0.05, 0) is 42.2 Å². The highest BCUT2D eigenvalue weighted by Gasteiger charge is 2.41. The minimum absolute atomic E-state index is 0.0959. The van der Waals surface area contributed by atoms with Crippen LogP contribution >= 0.6 is 22.9 Å². The molecular formula is C23H22ClFN2OS. The summed E-state index contributed by atoms with van der Waals surface area (Å²) in [6, 6.07) is 14.2. The molecule has 1 aliphatic carbocycles. The van der Waals surface area contributed by atoms with Crippen LogP contribution in [0.4, 0.5) is 9.52 Å². The summed E-state index contributed by atoms with van der Waals surface area (Å²) in [5.74, 6) is -0.405. The molecule has 3 nitrogen and oxygen atoms in total. The Bertz CT molecular complexity index is 1010. The number of aromatic nitrogens is 1. The quantitative estimate of drug-likeness (QED) is 0.513. The average Bonchev–Trinajstić information content (AvgIpc) is 3.17. The van der Waals surface area contributed by atoms with E-state index in [9.17, 15) is 9.18 Å². The summed E-state index contributed by atoms with van der Waals surface area (Å²) in [6.07, 6.45) is 6.91. The molecule has 1 heterocycles. The topological polar surface area (TPSA) is 42.0 Å². The van der Waals surface area contributed by atoms with Crippen molar-refractivity contribution in [2.75, 3.05) is 5.32 Å². The monoisotopic (exact) mass is 428 g/mol. The van der Waals surface area contributed by atoms with E-state index in [1.165, 1.54) is 23.5 Å². The minimum atomic E-state index is -0.699. The predicted octanol–water partition coefficient (Wildman–Crippen LogP) is 6.37. The molecule has 0 unspecified atom stereocenters. The molecule has 0 aliphatic heterocycles. The van der Waals surface area contributed by atoms with Crippen molar-refractivity contribution in [1.82, 2.24) is 4.98 Å². The maximum absolute atomic E-state index is 13.9. The lowest BCUT2D eigenvalue weighted by Crippen LogP contribution is -2.42. The van der Waals surface area contributed by atoms with Gasteiger partial charge in [-0.3, -0.25) is 4.79 Å². The van der Waals surface area contributed by atoms with Crippen molar-refractivity contribution in [2.24, 2.45) is 0 Å². The van der Waals surface area contributed by atoms with Crippen LogP contribution < -0.4 is 5.32 Å². The predicted molar refractivity (Wildman–Crippen MR) is 116 cm³/mol. The Balaban J connectivity index is 1.54. The molecule has 0 spiro atoms. The molecule has 150 valence electrons. The average molecular weight is 429 g/mol. The Labute approximate surface area is 178 Å². The number of amides is 1. The van der Waals surface area contributed by atoms with Gasteiger partial charge >= 0.3 is 0 Å². The third-order valence-corrected chi connectivity index (χ3v) is 6.90. The van der Waals surface area contributed by atoms with Crippen LogP contribution in [0.1, 0.15) is 48.1 Å². The van der Waals surface area contributed by atoms with Crippen molar-refractivity contribution in [1.29, 1.82) is 0 Å². The number of nitrogens with one attached hydrogen (secondary N) is 1. The maximum atomic E-state index is 13.9. The highest BCUT2D eigenvalue weighted by molar-refractivity contribution is 7.15. The number of benzene rings is 2. The second-order valence-electron chi connectivity index (χ2n) is 7.51. The molecule has 1 fully saturated rings. The van der Waals surface area contributed by atoms with Crippen LogP contribution in [0, 0.1) is 5.82 Å². The van der Waals surface area contributed by atoms with Gasteiger partial charge in [-0.2, -0.15) is 0 Å². The first-order valence-corrected chi connectivity index (χ1v) is 11.0. The summed E-state index contributed by atoms with van der Waals surface area (Å²) in [6.45, 7) is 0. The van der Waals surface area contributed by atoms with Gasteiger partial charge in [0.2, 0.25) is 5.91 Å². The Hall–Kier alpha value is -2.24. The van der Waals surface area contributed by atoms with E-state index in [1.807, 2.05) is 30.3 Å². The van der Waals surface area contributed by atoms with E-state index in [0.717, 1.165) is 53.1 Å². The highest BCUT2D eigenvalue weighted by Crippen LogP contribution is 2.41. The molecule has 0 saturated heterocycles. The second kappa shape index (κ2) is 8.64. The van der Waals surface area contributed by atoms with E-state index < -0.39 is 5.41 Å². The van der Waals surface area contributed by atoms with E-state index in [1.54, 1.807) is 12.3 Å². The SMILES string of the molecule is O=C(Nc1ncc(Cc2ccccc2Cl)s1)C1(c2cccc(F)c2)CCCCC1. The van der Waals surface area contributed by atoms with E-state index in [-0.39, 0.29) is 11.7 Å². The van der Waals surface area contributed by atoms with Gasteiger partial charge in [-0.1, -0.05) is 61.2 Å². The van der Waals surface area contributed by atoms with Crippen molar-refractivity contribution in [2.45, 2.75) is 43.9 Å². The Morgan fingerprint density at radius 3 is 2.69 bits per heavy atom. The van der Waals surface area contributed by atoms with Crippen molar-refractivity contribution in [3.8, 4) is 0 Å². The summed E-state index contributed by atoms with van der Waals surface area (Å²) < 4.78 is 13.9. The van der Waals surface area contributed by atoms with Crippen LogP contribution in [0.5, 0.6) is 0 Å². The smallest absolute Gasteiger partial charge is 0.236 e. The summed E-state index contributed by atoms with van der Waals surface area (Å²) in [7, 11) is 0. The van der Waals surface area contributed by atoms with Crippen molar-refractivity contribution in [3.63, 3.8) is 0 Å². The lowest BCUT2D eigenvalue weighted by atomic mass is 9.68. The highest BCUT2D eigenvalue weighted by atomic mass is 35.5. The molecular weight excluding hydrogens is 407 g/mol. The van der Waals surface area contributed by atoms with E-state index in [2.05, 4.69) is 10.3 Å². The number of rotatable bonds is 5. The maximum Gasteiger partial charge on any atom is 0.236 e. The normalized spacial score (nSPS) is 15.8. The fourth-order valence-electron chi connectivity index (χ4n) is 4.08. The number of nitrogens with zero attached hydrogens (tertiary/aromatic N) is 1. The Morgan fingerprint density at radius 2 is 1.93 bits per heavy atom. The number of carbonyl (C=O) groups is 1. The molecule has 0 bridgehead atoms. The number of hydrogen-bond donors (Lipinski definition) is 1. The molecule has 6 heteroatoms. The van der Waals surface area contributed by atoms with Crippen LogP contribution in [0.25, 0.3) is 0 Å². The van der Waals surface area contributed by atoms with Crippen LogP contribution in [0.3, 0.4) is 0 Å². The number of carbonyl (C=O) groups excluding carboxylic acids is 1. The zero-order chi connectivity index (χ0) is 20.3.